The second-order valence-corrected chi connectivity index (χ2v) is 12.3. The Morgan fingerprint density at radius 1 is 0.438 bits per heavy atom. The fraction of sp³-hybridized carbons (Fsp3) is 1.00. The third-order valence-electron chi connectivity index (χ3n) is 9.73. The number of hydrogen-bond acceptors (Lipinski definition) is 1. The third kappa shape index (κ3) is 10.1. The highest BCUT2D eigenvalue weighted by Gasteiger charge is 2.25. The first-order chi connectivity index (χ1) is 15.8. The maximum absolute atomic E-state index is 6.34. The Balaban J connectivity index is 1.15. The van der Waals surface area contributed by atoms with E-state index >= 15 is 0 Å². The van der Waals surface area contributed by atoms with Gasteiger partial charge in [-0.2, -0.15) is 0 Å². The number of unbranched alkanes of at least 4 members (excludes halogenated alkanes) is 2. The van der Waals surface area contributed by atoms with Gasteiger partial charge in [-0.05, 0) is 68.1 Å². The van der Waals surface area contributed by atoms with E-state index in [1.54, 1.807) is 0 Å². The molecule has 0 bridgehead atoms. The molecule has 0 aliphatic heterocycles. The SMILES string of the molecule is CCCCCC1CCC(CCCOC2CCC(CC[C@H]3CC[C@H](CCC)CC3)CC2)CC1. The molecule has 0 aromatic heterocycles. The minimum absolute atomic E-state index is 0.588. The Hall–Kier alpha value is -0.0400. The molecule has 3 aliphatic rings. The Kier molecular flexibility index (Phi) is 13.1. The minimum atomic E-state index is 0.588. The highest BCUT2D eigenvalue weighted by atomic mass is 16.5. The van der Waals surface area contributed by atoms with Gasteiger partial charge in [-0.1, -0.05) is 117 Å². The highest BCUT2D eigenvalue weighted by molar-refractivity contribution is 4.77. The zero-order valence-electron chi connectivity index (χ0n) is 22.1. The lowest BCUT2D eigenvalue weighted by Gasteiger charge is -2.32. The normalized spacial score (nSPS) is 33.9. The maximum atomic E-state index is 6.34. The van der Waals surface area contributed by atoms with Crippen molar-refractivity contribution in [3.63, 3.8) is 0 Å². The van der Waals surface area contributed by atoms with Crippen molar-refractivity contribution in [3.8, 4) is 0 Å². The van der Waals surface area contributed by atoms with Crippen LogP contribution in [0, 0.1) is 29.6 Å². The van der Waals surface area contributed by atoms with Crippen molar-refractivity contribution in [2.75, 3.05) is 6.61 Å². The van der Waals surface area contributed by atoms with Gasteiger partial charge in [-0.25, -0.2) is 0 Å². The zero-order valence-corrected chi connectivity index (χ0v) is 22.1. The van der Waals surface area contributed by atoms with E-state index in [0.717, 1.165) is 36.2 Å². The van der Waals surface area contributed by atoms with E-state index in [1.165, 1.54) is 141 Å². The van der Waals surface area contributed by atoms with Crippen molar-refractivity contribution >= 4 is 0 Å². The summed E-state index contributed by atoms with van der Waals surface area (Å²) in [6, 6.07) is 0. The summed E-state index contributed by atoms with van der Waals surface area (Å²) in [5.74, 6) is 5.20. The Bertz CT molecular complexity index is 435. The Morgan fingerprint density at radius 2 is 0.875 bits per heavy atom. The first-order valence-electron chi connectivity index (χ1n) is 15.4. The van der Waals surface area contributed by atoms with Crippen molar-refractivity contribution in [3.05, 3.63) is 0 Å². The van der Waals surface area contributed by atoms with Gasteiger partial charge in [0.25, 0.3) is 0 Å². The molecule has 1 heteroatoms. The number of ether oxygens (including phenoxy) is 1. The Labute approximate surface area is 202 Å². The van der Waals surface area contributed by atoms with E-state index < -0.39 is 0 Å². The molecule has 0 saturated heterocycles. The van der Waals surface area contributed by atoms with E-state index in [1.807, 2.05) is 0 Å². The van der Waals surface area contributed by atoms with Crippen LogP contribution in [0.25, 0.3) is 0 Å². The third-order valence-corrected chi connectivity index (χ3v) is 9.73. The molecule has 0 heterocycles. The molecule has 188 valence electrons. The van der Waals surface area contributed by atoms with Gasteiger partial charge in [0.2, 0.25) is 0 Å². The first kappa shape index (κ1) is 26.6. The minimum Gasteiger partial charge on any atom is -0.378 e. The van der Waals surface area contributed by atoms with Crippen LogP contribution in [-0.4, -0.2) is 12.7 Å². The summed E-state index contributed by atoms with van der Waals surface area (Å²) in [6.45, 7) is 5.71. The lowest BCUT2D eigenvalue weighted by molar-refractivity contribution is 0.0126. The van der Waals surface area contributed by atoms with Gasteiger partial charge >= 0.3 is 0 Å². The molecule has 3 aliphatic carbocycles. The van der Waals surface area contributed by atoms with Gasteiger partial charge in [-0.3, -0.25) is 0 Å². The number of rotatable bonds is 14. The second kappa shape index (κ2) is 15.8. The van der Waals surface area contributed by atoms with E-state index in [2.05, 4.69) is 13.8 Å². The summed E-state index contributed by atoms with van der Waals surface area (Å²) >= 11 is 0. The quantitative estimate of drug-likeness (QED) is 0.241. The fourth-order valence-electron chi connectivity index (χ4n) is 7.39. The van der Waals surface area contributed by atoms with Gasteiger partial charge in [0.1, 0.15) is 0 Å². The molecule has 3 rings (SSSR count). The van der Waals surface area contributed by atoms with Gasteiger partial charge < -0.3 is 4.74 Å². The smallest absolute Gasteiger partial charge is 0.0575 e. The molecule has 32 heavy (non-hydrogen) atoms. The molecule has 0 N–H and O–H groups in total. The molecule has 0 radical (unpaired) electrons. The molecule has 0 atom stereocenters. The zero-order chi connectivity index (χ0) is 22.4. The molecule has 0 unspecified atom stereocenters. The topological polar surface area (TPSA) is 9.23 Å². The molecule has 3 fully saturated rings. The maximum Gasteiger partial charge on any atom is 0.0575 e. The van der Waals surface area contributed by atoms with Crippen molar-refractivity contribution in [2.45, 2.75) is 161 Å². The molecular weight excluding hydrogens is 388 g/mol. The average Bonchev–Trinajstić information content (AvgIpc) is 2.83. The van der Waals surface area contributed by atoms with E-state index in [9.17, 15) is 0 Å². The van der Waals surface area contributed by atoms with E-state index in [4.69, 9.17) is 4.74 Å². The fourth-order valence-corrected chi connectivity index (χ4v) is 7.39. The van der Waals surface area contributed by atoms with E-state index in [0.29, 0.717) is 6.10 Å². The van der Waals surface area contributed by atoms with Crippen molar-refractivity contribution < 1.29 is 4.74 Å². The summed E-state index contributed by atoms with van der Waals surface area (Å²) in [6.07, 6.45) is 32.8. The summed E-state index contributed by atoms with van der Waals surface area (Å²) in [4.78, 5) is 0. The van der Waals surface area contributed by atoms with Crippen molar-refractivity contribution in [2.24, 2.45) is 29.6 Å². The van der Waals surface area contributed by atoms with Crippen LogP contribution in [0.5, 0.6) is 0 Å². The van der Waals surface area contributed by atoms with Crippen LogP contribution in [0.3, 0.4) is 0 Å². The monoisotopic (exact) mass is 446 g/mol. The van der Waals surface area contributed by atoms with Gasteiger partial charge in [-0.15, -0.1) is 0 Å². The molecule has 0 aromatic rings. The summed E-state index contributed by atoms with van der Waals surface area (Å²) in [7, 11) is 0. The lowest BCUT2D eigenvalue weighted by Crippen LogP contribution is -2.23. The molecule has 1 nitrogen and oxygen atoms in total. The Morgan fingerprint density at radius 3 is 1.38 bits per heavy atom. The van der Waals surface area contributed by atoms with Crippen LogP contribution < -0.4 is 0 Å². The lowest BCUT2D eigenvalue weighted by atomic mass is 9.76. The van der Waals surface area contributed by atoms with Crippen molar-refractivity contribution in [1.82, 2.24) is 0 Å². The van der Waals surface area contributed by atoms with Crippen LogP contribution >= 0.6 is 0 Å². The standard InChI is InChI=1S/C31H58O/c1-3-5-6-9-27-13-15-28(16-14-27)10-7-25-32-31-23-21-30(22-24-31)20-19-29-17-11-26(8-4-2)12-18-29/h26-31H,3-25H2,1-2H3/t26-,27?,28?,29-,30?,31?. The highest BCUT2D eigenvalue weighted by Crippen LogP contribution is 2.37. The van der Waals surface area contributed by atoms with Gasteiger partial charge in [0.15, 0.2) is 0 Å². The van der Waals surface area contributed by atoms with Crippen LogP contribution in [0.15, 0.2) is 0 Å². The summed E-state index contributed by atoms with van der Waals surface area (Å²) in [5, 5.41) is 0. The second-order valence-electron chi connectivity index (χ2n) is 12.3. The molecular formula is C31H58O. The van der Waals surface area contributed by atoms with E-state index in [-0.39, 0.29) is 0 Å². The average molecular weight is 447 g/mol. The van der Waals surface area contributed by atoms with Crippen LogP contribution in [0.1, 0.15) is 155 Å². The largest absolute Gasteiger partial charge is 0.378 e. The molecule has 0 spiro atoms. The van der Waals surface area contributed by atoms with Crippen LogP contribution in [0.4, 0.5) is 0 Å². The molecule has 3 saturated carbocycles. The van der Waals surface area contributed by atoms with Crippen LogP contribution in [0.2, 0.25) is 0 Å². The van der Waals surface area contributed by atoms with Gasteiger partial charge in [0, 0.05) is 6.61 Å². The first-order valence-corrected chi connectivity index (χ1v) is 15.4. The summed E-state index contributed by atoms with van der Waals surface area (Å²) in [5.41, 5.74) is 0. The van der Waals surface area contributed by atoms with Crippen molar-refractivity contribution in [1.29, 1.82) is 0 Å². The molecule has 0 amide bonds. The van der Waals surface area contributed by atoms with Gasteiger partial charge in [0.05, 0.1) is 6.10 Å². The predicted molar refractivity (Wildman–Crippen MR) is 140 cm³/mol. The summed E-state index contributed by atoms with van der Waals surface area (Å²) < 4.78 is 6.34. The number of hydrogen-bond donors (Lipinski definition) is 0. The molecule has 0 aromatic carbocycles. The predicted octanol–water partition coefficient (Wildman–Crippen LogP) is 10.1. The van der Waals surface area contributed by atoms with Crippen LogP contribution in [-0.2, 0) is 4.74 Å².